The van der Waals surface area contributed by atoms with Crippen LogP contribution in [0, 0.1) is 5.92 Å². The van der Waals surface area contributed by atoms with Crippen molar-refractivity contribution in [3.05, 3.63) is 28.5 Å². The minimum absolute atomic E-state index is 0.406. The highest BCUT2D eigenvalue weighted by Gasteiger charge is 2.20. The fourth-order valence-corrected chi connectivity index (χ4v) is 2.90. The van der Waals surface area contributed by atoms with Crippen LogP contribution in [0.2, 0.25) is 0 Å². The zero-order valence-corrected chi connectivity index (χ0v) is 12.4. The molecule has 2 heterocycles. The molecule has 1 unspecified atom stereocenters. The molecule has 18 heavy (non-hydrogen) atoms. The number of rotatable bonds is 5. The van der Waals surface area contributed by atoms with E-state index in [4.69, 9.17) is 4.74 Å². The third kappa shape index (κ3) is 4.04. The van der Waals surface area contributed by atoms with Gasteiger partial charge in [0.05, 0.1) is 0 Å². The van der Waals surface area contributed by atoms with Crippen LogP contribution in [0.1, 0.15) is 37.8 Å². The van der Waals surface area contributed by atoms with Crippen molar-refractivity contribution in [1.82, 2.24) is 10.3 Å². The predicted molar refractivity (Wildman–Crippen MR) is 76.5 cm³/mol. The molecule has 0 aliphatic carbocycles. The molecule has 2 rings (SSSR count). The van der Waals surface area contributed by atoms with Gasteiger partial charge in [-0.15, -0.1) is 0 Å². The molecule has 1 aromatic rings. The number of hydrogen-bond donors (Lipinski definition) is 1. The average Bonchev–Trinajstić information content (AvgIpc) is 2.39. The van der Waals surface area contributed by atoms with E-state index in [0.717, 1.165) is 30.1 Å². The van der Waals surface area contributed by atoms with Crippen molar-refractivity contribution in [2.75, 3.05) is 19.8 Å². The van der Waals surface area contributed by atoms with Gasteiger partial charge in [-0.2, -0.15) is 0 Å². The van der Waals surface area contributed by atoms with Crippen LogP contribution in [0.25, 0.3) is 0 Å². The van der Waals surface area contributed by atoms with E-state index in [9.17, 15) is 0 Å². The third-order valence-corrected chi connectivity index (χ3v) is 3.92. The first-order chi connectivity index (χ1) is 8.79. The molecule has 1 fully saturated rings. The highest BCUT2D eigenvalue weighted by Crippen LogP contribution is 2.28. The van der Waals surface area contributed by atoms with Gasteiger partial charge in [-0.3, -0.25) is 4.98 Å². The molecule has 1 aliphatic rings. The van der Waals surface area contributed by atoms with Gasteiger partial charge in [-0.1, -0.05) is 6.92 Å². The zero-order valence-electron chi connectivity index (χ0n) is 10.9. The first-order valence-corrected chi connectivity index (χ1v) is 7.50. The lowest BCUT2D eigenvalue weighted by molar-refractivity contribution is 0.0605. The van der Waals surface area contributed by atoms with Gasteiger partial charge in [0.25, 0.3) is 0 Å². The molecule has 1 aliphatic heterocycles. The number of pyridine rings is 1. The highest BCUT2D eigenvalue weighted by molar-refractivity contribution is 9.10. The van der Waals surface area contributed by atoms with E-state index in [2.05, 4.69) is 39.2 Å². The van der Waals surface area contributed by atoms with Crippen LogP contribution in [0.3, 0.4) is 0 Å². The van der Waals surface area contributed by atoms with Gasteiger partial charge in [0.2, 0.25) is 0 Å². The smallest absolute Gasteiger partial charge is 0.0468 e. The first kappa shape index (κ1) is 14.0. The molecule has 4 heteroatoms. The molecule has 1 saturated heterocycles. The predicted octanol–water partition coefficient (Wildman–Crippen LogP) is 3.31. The highest BCUT2D eigenvalue weighted by atomic mass is 79.9. The molecule has 1 aromatic heterocycles. The normalized spacial score (nSPS) is 18.8. The number of ether oxygens (including phenoxy) is 1. The van der Waals surface area contributed by atoms with Crippen LogP contribution < -0.4 is 5.32 Å². The summed E-state index contributed by atoms with van der Waals surface area (Å²) in [5, 5.41) is 3.57. The van der Waals surface area contributed by atoms with Gasteiger partial charge < -0.3 is 10.1 Å². The van der Waals surface area contributed by atoms with Crippen LogP contribution in [-0.2, 0) is 4.74 Å². The second-order valence-electron chi connectivity index (χ2n) is 4.84. The van der Waals surface area contributed by atoms with Crippen molar-refractivity contribution in [2.45, 2.75) is 32.2 Å². The lowest BCUT2D eigenvalue weighted by Gasteiger charge is -2.27. The summed E-state index contributed by atoms with van der Waals surface area (Å²) in [4.78, 5) is 4.27. The zero-order chi connectivity index (χ0) is 12.8. The van der Waals surface area contributed by atoms with E-state index >= 15 is 0 Å². The number of hydrogen-bond acceptors (Lipinski definition) is 3. The monoisotopic (exact) mass is 312 g/mol. The van der Waals surface area contributed by atoms with E-state index in [-0.39, 0.29) is 0 Å². The van der Waals surface area contributed by atoms with Gasteiger partial charge in [-0.25, -0.2) is 0 Å². The summed E-state index contributed by atoms with van der Waals surface area (Å²) in [5.41, 5.74) is 1.28. The summed E-state index contributed by atoms with van der Waals surface area (Å²) in [7, 11) is 0. The molecule has 0 bridgehead atoms. The Labute approximate surface area is 117 Å². The minimum Gasteiger partial charge on any atom is -0.381 e. The molecule has 0 radical (unpaired) electrons. The Kier molecular flexibility index (Phi) is 5.60. The Morgan fingerprint density at radius 1 is 1.44 bits per heavy atom. The molecular weight excluding hydrogens is 292 g/mol. The third-order valence-electron chi connectivity index (χ3n) is 3.49. The van der Waals surface area contributed by atoms with Crippen molar-refractivity contribution in [2.24, 2.45) is 5.92 Å². The Morgan fingerprint density at radius 2 is 2.22 bits per heavy atom. The van der Waals surface area contributed by atoms with E-state index in [0.29, 0.717) is 6.04 Å². The summed E-state index contributed by atoms with van der Waals surface area (Å²) >= 11 is 3.50. The van der Waals surface area contributed by atoms with Crippen LogP contribution in [0.15, 0.2) is 22.9 Å². The minimum atomic E-state index is 0.406. The van der Waals surface area contributed by atoms with Crippen LogP contribution in [0.5, 0.6) is 0 Å². The Bertz CT molecular complexity index is 367. The van der Waals surface area contributed by atoms with Crippen molar-refractivity contribution in [3.63, 3.8) is 0 Å². The molecule has 100 valence electrons. The molecule has 1 atom stereocenters. The molecule has 0 spiro atoms. The van der Waals surface area contributed by atoms with Crippen LogP contribution in [0.4, 0.5) is 0 Å². The van der Waals surface area contributed by atoms with Gasteiger partial charge in [0.1, 0.15) is 0 Å². The second-order valence-corrected chi connectivity index (χ2v) is 5.75. The van der Waals surface area contributed by atoms with Crippen molar-refractivity contribution in [3.8, 4) is 0 Å². The molecule has 0 amide bonds. The van der Waals surface area contributed by atoms with Gasteiger partial charge in [0.15, 0.2) is 0 Å². The maximum atomic E-state index is 5.43. The summed E-state index contributed by atoms with van der Waals surface area (Å²) in [6.07, 6.45) is 7.35. The van der Waals surface area contributed by atoms with Gasteiger partial charge >= 0.3 is 0 Å². The quantitative estimate of drug-likeness (QED) is 0.905. The van der Waals surface area contributed by atoms with Crippen molar-refractivity contribution >= 4 is 15.9 Å². The largest absolute Gasteiger partial charge is 0.381 e. The topological polar surface area (TPSA) is 34.1 Å². The fraction of sp³-hybridized carbons (Fsp3) is 0.643. The van der Waals surface area contributed by atoms with Crippen molar-refractivity contribution < 1.29 is 4.74 Å². The fourth-order valence-electron chi connectivity index (χ4n) is 2.52. The average molecular weight is 313 g/mol. The van der Waals surface area contributed by atoms with Crippen LogP contribution in [-0.4, -0.2) is 24.7 Å². The molecule has 0 aromatic carbocycles. The van der Waals surface area contributed by atoms with Gasteiger partial charge in [0, 0.05) is 36.1 Å². The Morgan fingerprint density at radius 3 is 2.89 bits per heavy atom. The number of nitrogens with one attached hydrogen (secondary N) is 1. The molecule has 3 nitrogen and oxygen atoms in total. The maximum Gasteiger partial charge on any atom is 0.0468 e. The second kappa shape index (κ2) is 7.22. The maximum absolute atomic E-state index is 5.43. The molecular formula is C14H21BrN2O. The summed E-state index contributed by atoms with van der Waals surface area (Å²) in [5.74, 6) is 0.766. The molecule has 1 N–H and O–H groups in total. The lowest BCUT2D eigenvalue weighted by Crippen LogP contribution is -2.26. The van der Waals surface area contributed by atoms with Crippen molar-refractivity contribution in [1.29, 1.82) is 0 Å². The first-order valence-electron chi connectivity index (χ1n) is 6.71. The number of aromatic nitrogens is 1. The Balaban J connectivity index is 2.02. The summed E-state index contributed by atoms with van der Waals surface area (Å²) in [6.45, 7) is 4.98. The summed E-state index contributed by atoms with van der Waals surface area (Å²) < 4.78 is 6.48. The van der Waals surface area contributed by atoms with E-state index in [1.807, 2.05) is 12.4 Å². The lowest BCUT2D eigenvalue weighted by atomic mass is 9.90. The number of halogens is 1. The van der Waals surface area contributed by atoms with E-state index < -0.39 is 0 Å². The van der Waals surface area contributed by atoms with Crippen LogP contribution >= 0.6 is 15.9 Å². The number of nitrogens with zero attached hydrogens (tertiary/aromatic N) is 1. The summed E-state index contributed by atoms with van der Waals surface area (Å²) in [6, 6.07) is 2.57. The standard InChI is InChI=1S/C14H21BrN2O/c1-2-17-14(7-11-3-5-18-6-4-11)12-8-13(15)10-16-9-12/h8-11,14,17H,2-7H2,1H3. The SMILES string of the molecule is CCNC(CC1CCOCC1)c1cncc(Br)c1. The van der Waals surface area contributed by atoms with E-state index in [1.165, 1.54) is 24.8 Å². The van der Waals surface area contributed by atoms with E-state index in [1.54, 1.807) is 0 Å². The van der Waals surface area contributed by atoms with Gasteiger partial charge in [-0.05, 0) is 59.3 Å². The molecule has 0 saturated carbocycles. The Hall–Kier alpha value is -0.450.